The van der Waals surface area contributed by atoms with E-state index in [0.717, 1.165) is 6.07 Å². The van der Waals surface area contributed by atoms with E-state index in [1.54, 1.807) is 0 Å². The van der Waals surface area contributed by atoms with Gasteiger partial charge in [0.2, 0.25) is 21.9 Å². The van der Waals surface area contributed by atoms with E-state index in [1.807, 2.05) is 0 Å². The van der Waals surface area contributed by atoms with Gasteiger partial charge >= 0.3 is 6.18 Å². The van der Waals surface area contributed by atoms with Crippen LogP contribution in [-0.4, -0.2) is 52.2 Å². The molecular weight excluding hydrogens is 497 g/mol. The lowest BCUT2D eigenvalue weighted by atomic mass is 9.98. The van der Waals surface area contributed by atoms with Gasteiger partial charge in [-0.1, -0.05) is 23.7 Å². The van der Waals surface area contributed by atoms with E-state index in [1.165, 1.54) is 34.6 Å². The van der Waals surface area contributed by atoms with Crippen molar-refractivity contribution in [3.05, 3.63) is 47.0 Å². The molecule has 0 amide bonds. The number of nitrogens with zero attached hydrogens (tertiary/aromatic N) is 3. The zero-order valence-corrected chi connectivity index (χ0v) is 19.0. The van der Waals surface area contributed by atoms with Crippen LogP contribution in [0, 0.1) is 0 Å². The molecule has 34 heavy (non-hydrogen) atoms. The number of benzene rings is 2. The number of aromatic nitrogens is 3. The SMILES string of the molecule is Nc1nc(Nc2cc(Cl)c(-c3ccc(S(=O)(=O)N4CCC(O)CC4)cc3)c(C(F)(F)F)c2)n[nH]1. The summed E-state index contributed by atoms with van der Waals surface area (Å²) in [5, 5.41) is 18.1. The number of alkyl halides is 3. The Morgan fingerprint density at radius 2 is 1.82 bits per heavy atom. The quantitative estimate of drug-likeness (QED) is 0.406. The van der Waals surface area contributed by atoms with Gasteiger partial charge in [-0.25, -0.2) is 13.5 Å². The van der Waals surface area contributed by atoms with Crippen LogP contribution in [0.25, 0.3) is 11.1 Å². The molecule has 0 spiro atoms. The first-order valence-corrected chi connectivity index (χ1v) is 11.9. The fourth-order valence-corrected chi connectivity index (χ4v) is 5.48. The summed E-state index contributed by atoms with van der Waals surface area (Å²) in [6, 6.07) is 7.19. The fraction of sp³-hybridized carbons (Fsp3) is 0.300. The number of nitrogens with one attached hydrogen (secondary N) is 2. The molecule has 0 bridgehead atoms. The molecule has 1 aliphatic heterocycles. The first-order chi connectivity index (χ1) is 15.9. The highest BCUT2D eigenvalue weighted by atomic mass is 35.5. The third-order valence-electron chi connectivity index (χ3n) is 5.36. The molecule has 9 nitrogen and oxygen atoms in total. The summed E-state index contributed by atoms with van der Waals surface area (Å²) in [6.45, 7) is 0.334. The molecule has 3 aromatic rings. The van der Waals surface area contributed by atoms with Gasteiger partial charge in [-0.15, -0.1) is 5.10 Å². The van der Waals surface area contributed by atoms with Crippen molar-refractivity contribution >= 4 is 39.2 Å². The minimum absolute atomic E-state index is 0.00782. The topological polar surface area (TPSA) is 137 Å². The van der Waals surface area contributed by atoms with Crippen molar-refractivity contribution in [1.82, 2.24) is 19.5 Å². The Kier molecular flexibility index (Phi) is 6.46. The number of halogens is 4. The van der Waals surface area contributed by atoms with Crippen molar-refractivity contribution in [3.8, 4) is 11.1 Å². The van der Waals surface area contributed by atoms with Gasteiger partial charge in [-0.3, -0.25) is 0 Å². The molecule has 2 heterocycles. The third-order valence-corrected chi connectivity index (χ3v) is 7.57. The monoisotopic (exact) mass is 516 g/mol. The van der Waals surface area contributed by atoms with E-state index >= 15 is 0 Å². The fourth-order valence-electron chi connectivity index (χ4n) is 3.68. The first-order valence-electron chi connectivity index (χ1n) is 10.1. The Balaban J connectivity index is 1.68. The summed E-state index contributed by atoms with van der Waals surface area (Å²) >= 11 is 6.25. The number of nitrogen functional groups attached to an aromatic ring is 1. The summed E-state index contributed by atoms with van der Waals surface area (Å²) in [6.07, 6.45) is -4.66. The second-order valence-electron chi connectivity index (χ2n) is 7.71. The highest BCUT2D eigenvalue weighted by Gasteiger charge is 2.36. The van der Waals surface area contributed by atoms with Crippen LogP contribution in [0.15, 0.2) is 41.3 Å². The molecule has 1 aliphatic rings. The van der Waals surface area contributed by atoms with Crippen molar-refractivity contribution in [3.63, 3.8) is 0 Å². The Morgan fingerprint density at radius 1 is 1.18 bits per heavy atom. The molecule has 0 saturated carbocycles. The smallest absolute Gasteiger partial charge is 0.393 e. The minimum Gasteiger partial charge on any atom is -0.393 e. The van der Waals surface area contributed by atoms with E-state index in [4.69, 9.17) is 17.3 Å². The van der Waals surface area contributed by atoms with E-state index in [2.05, 4.69) is 20.5 Å². The molecule has 0 unspecified atom stereocenters. The van der Waals surface area contributed by atoms with E-state index in [9.17, 15) is 26.7 Å². The molecule has 0 aliphatic carbocycles. The average Bonchev–Trinajstić information content (AvgIpc) is 3.17. The Morgan fingerprint density at radius 3 is 2.38 bits per heavy atom. The number of aliphatic hydroxyl groups excluding tert-OH is 1. The largest absolute Gasteiger partial charge is 0.417 e. The van der Waals surface area contributed by atoms with E-state index in [-0.39, 0.29) is 51.7 Å². The van der Waals surface area contributed by atoms with Crippen LogP contribution in [0.1, 0.15) is 18.4 Å². The van der Waals surface area contributed by atoms with Crippen LogP contribution < -0.4 is 11.1 Å². The number of anilines is 3. The summed E-state index contributed by atoms with van der Waals surface area (Å²) in [4.78, 5) is 3.73. The molecule has 4 rings (SSSR count). The van der Waals surface area contributed by atoms with Crippen LogP contribution in [0.2, 0.25) is 5.02 Å². The lowest BCUT2D eigenvalue weighted by Gasteiger charge is -2.28. The van der Waals surface area contributed by atoms with Gasteiger partial charge in [0.15, 0.2) is 0 Å². The standard InChI is InChI=1S/C20H20ClF3N6O3S/c21-16-10-12(26-19-27-18(25)28-29-19)9-15(20(22,23)24)17(16)11-1-3-14(4-2-11)34(32,33)30-7-5-13(31)6-8-30/h1-4,9-10,13,31H,5-8H2,(H4,25,26,27,28,29). The number of H-pyrrole nitrogens is 1. The van der Waals surface area contributed by atoms with Crippen molar-refractivity contribution in [1.29, 1.82) is 0 Å². The van der Waals surface area contributed by atoms with Crippen LogP contribution in [0.5, 0.6) is 0 Å². The van der Waals surface area contributed by atoms with Gasteiger partial charge < -0.3 is 16.2 Å². The second-order valence-corrected chi connectivity index (χ2v) is 10.1. The molecule has 1 saturated heterocycles. The van der Waals surface area contributed by atoms with E-state index < -0.39 is 27.9 Å². The number of hydrogen-bond acceptors (Lipinski definition) is 7. The molecular formula is C20H20ClF3N6O3S. The van der Waals surface area contributed by atoms with Crippen molar-refractivity contribution in [2.75, 3.05) is 24.1 Å². The summed E-state index contributed by atoms with van der Waals surface area (Å²) in [5.74, 6) is -0.0498. The van der Waals surface area contributed by atoms with Crippen molar-refractivity contribution in [2.45, 2.75) is 30.0 Å². The lowest BCUT2D eigenvalue weighted by molar-refractivity contribution is -0.137. The predicted octanol–water partition coefficient (Wildman–Crippen LogP) is 3.62. The molecule has 1 aromatic heterocycles. The molecule has 2 aromatic carbocycles. The van der Waals surface area contributed by atoms with Gasteiger partial charge in [0.1, 0.15) is 0 Å². The number of nitrogens with two attached hydrogens (primary N) is 1. The lowest BCUT2D eigenvalue weighted by Crippen LogP contribution is -2.39. The Bertz CT molecular complexity index is 1290. The molecule has 14 heteroatoms. The number of hydrogen-bond donors (Lipinski definition) is 4. The maximum Gasteiger partial charge on any atom is 0.417 e. The molecule has 1 fully saturated rings. The summed E-state index contributed by atoms with van der Waals surface area (Å²) in [7, 11) is -3.84. The maximum atomic E-state index is 13.9. The number of aliphatic hydroxyl groups is 1. The summed E-state index contributed by atoms with van der Waals surface area (Å²) in [5.41, 5.74) is 4.20. The van der Waals surface area contributed by atoms with Gasteiger partial charge in [0.05, 0.1) is 21.6 Å². The molecule has 0 atom stereocenters. The van der Waals surface area contributed by atoms with E-state index in [0.29, 0.717) is 12.8 Å². The van der Waals surface area contributed by atoms with Crippen LogP contribution in [0.3, 0.4) is 0 Å². The highest BCUT2D eigenvalue weighted by molar-refractivity contribution is 7.89. The van der Waals surface area contributed by atoms with Gasteiger partial charge in [-0.2, -0.15) is 22.5 Å². The number of piperidine rings is 1. The van der Waals surface area contributed by atoms with Crippen LogP contribution >= 0.6 is 11.6 Å². The van der Waals surface area contributed by atoms with Crippen LogP contribution in [-0.2, 0) is 16.2 Å². The normalized spacial score (nSPS) is 16.0. The first kappa shape index (κ1) is 24.3. The third kappa shape index (κ3) is 4.97. The van der Waals surface area contributed by atoms with Crippen LogP contribution in [0.4, 0.5) is 30.8 Å². The summed E-state index contributed by atoms with van der Waals surface area (Å²) < 4.78 is 68.7. The number of aromatic amines is 1. The van der Waals surface area contributed by atoms with Crippen molar-refractivity contribution < 1.29 is 26.7 Å². The number of rotatable bonds is 5. The van der Waals surface area contributed by atoms with Crippen molar-refractivity contribution in [2.24, 2.45) is 0 Å². The van der Waals surface area contributed by atoms with Gasteiger partial charge in [-0.05, 0) is 42.7 Å². The van der Waals surface area contributed by atoms with Gasteiger partial charge in [0.25, 0.3) is 0 Å². The maximum absolute atomic E-state index is 13.9. The Hall–Kier alpha value is -2.87. The molecule has 182 valence electrons. The predicted molar refractivity (Wildman–Crippen MR) is 120 cm³/mol. The second kappa shape index (κ2) is 9.06. The zero-order chi connectivity index (χ0) is 24.7. The highest BCUT2D eigenvalue weighted by Crippen LogP contribution is 2.43. The Labute approximate surface area is 197 Å². The van der Waals surface area contributed by atoms with Gasteiger partial charge in [0, 0.05) is 24.3 Å². The zero-order valence-electron chi connectivity index (χ0n) is 17.5. The number of sulfonamides is 1. The average molecular weight is 517 g/mol. The molecule has 0 radical (unpaired) electrons. The minimum atomic E-state index is -4.76. The molecule has 5 N–H and O–H groups in total.